The lowest BCUT2D eigenvalue weighted by Crippen LogP contribution is -2.26. The van der Waals surface area contributed by atoms with Crippen LogP contribution >= 0.6 is 0 Å². The molecule has 0 aliphatic heterocycles. The Morgan fingerprint density at radius 3 is 2.66 bits per heavy atom. The monoisotopic (exact) mass is 412 g/mol. The number of rotatable bonds is 7. The van der Waals surface area contributed by atoms with Crippen molar-refractivity contribution in [2.75, 3.05) is 18.4 Å². The summed E-state index contributed by atoms with van der Waals surface area (Å²) in [6.07, 6.45) is 0.464. The molecule has 0 saturated carbocycles. The van der Waals surface area contributed by atoms with Gasteiger partial charge in [0, 0.05) is 18.5 Å². The first kappa shape index (κ1) is 20.7. The smallest absolute Gasteiger partial charge is 0.240 e. The van der Waals surface area contributed by atoms with Gasteiger partial charge in [-0.15, -0.1) is 0 Å². The summed E-state index contributed by atoms with van der Waals surface area (Å²) in [5, 5.41) is 13.5. The number of hydrogen-bond donors (Lipinski definition) is 2. The summed E-state index contributed by atoms with van der Waals surface area (Å²) in [5.74, 6) is -0.135. The Balaban J connectivity index is 1.63. The number of aryl methyl sites for hydroxylation is 2. The van der Waals surface area contributed by atoms with Crippen LogP contribution < -0.4 is 10.0 Å². The minimum Gasteiger partial charge on any atom is -0.369 e. The first-order valence-corrected chi connectivity index (χ1v) is 10.6. The van der Waals surface area contributed by atoms with Gasteiger partial charge in [-0.05, 0) is 61.7 Å². The number of anilines is 1. The second kappa shape index (κ2) is 8.55. The van der Waals surface area contributed by atoms with Gasteiger partial charge < -0.3 is 5.32 Å². The van der Waals surface area contributed by atoms with Gasteiger partial charge in [0.1, 0.15) is 17.7 Å². The Morgan fingerprint density at radius 1 is 1.14 bits per heavy atom. The van der Waals surface area contributed by atoms with E-state index in [0.29, 0.717) is 24.3 Å². The van der Waals surface area contributed by atoms with Crippen molar-refractivity contribution < 1.29 is 12.8 Å². The van der Waals surface area contributed by atoms with Crippen molar-refractivity contribution >= 4 is 26.7 Å². The van der Waals surface area contributed by atoms with Gasteiger partial charge in [0.05, 0.1) is 16.0 Å². The fraction of sp³-hybridized carbons (Fsp3) is 0.238. The fourth-order valence-corrected chi connectivity index (χ4v) is 4.17. The molecule has 29 heavy (non-hydrogen) atoms. The molecule has 0 amide bonds. The lowest BCUT2D eigenvalue weighted by atomic mass is 10.0. The molecule has 0 spiro atoms. The van der Waals surface area contributed by atoms with E-state index in [1.165, 1.54) is 18.2 Å². The van der Waals surface area contributed by atoms with Crippen LogP contribution in [0.25, 0.3) is 10.9 Å². The number of pyridine rings is 1. The molecule has 2 aromatic carbocycles. The predicted octanol–water partition coefficient (Wildman–Crippen LogP) is 3.64. The summed E-state index contributed by atoms with van der Waals surface area (Å²) < 4.78 is 40.0. The molecule has 1 aromatic heterocycles. The zero-order chi connectivity index (χ0) is 21.0. The highest BCUT2D eigenvalue weighted by Crippen LogP contribution is 2.24. The molecule has 0 aliphatic rings. The molecule has 0 bridgehead atoms. The second-order valence-corrected chi connectivity index (χ2v) is 8.55. The third kappa shape index (κ3) is 4.88. The van der Waals surface area contributed by atoms with E-state index in [1.54, 1.807) is 0 Å². The summed E-state index contributed by atoms with van der Waals surface area (Å²) in [4.78, 5) is 4.45. The van der Waals surface area contributed by atoms with Gasteiger partial charge in [-0.1, -0.05) is 12.1 Å². The summed E-state index contributed by atoms with van der Waals surface area (Å²) >= 11 is 0. The summed E-state index contributed by atoms with van der Waals surface area (Å²) in [6, 6.07) is 12.8. The number of sulfonamides is 1. The highest BCUT2D eigenvalue weighted by Gasteiger charge is 2.14. The number of aromatic nitrogens is 1. The van der Waals surface area contributed by atoms with Crippen molar-refractivity contribution in [2.24, 2.45) is 0 Å². The Labute approximate surface area is 169 Å². The molecule has 6 nitrogen and oxygen atoms in total. The molecular weight excluding hydrogens is 391 g/mol. The van der Waals surface area contributed by atoms with E-state index < -0.39 is 15.8 Å². The van der Waals surface area contributed by atoms with Crippen molar-refractivity contribution in [3.8, 4) is 6.07 Å². The lowest BCUT2D eigenvalue weighted by molar-refractivity contribution is 0.576. The van der Waals surface area contributed by atoms with Gasteiger partial charge in [-0.25, -0.2) is 22.5 Å². The van der Waals surface area contributed by atoms with E-state index in [2.05, 4.69) is 21.1 Å². The Kier molecular flexibility index (Phi) is 6.11. The molecule has 0 radical (unpaired) electrons. The SMILES string of the molecule is Cc1cc(C)c2cc(C#N)c(NCCCNS(=O)(=O)c3cccc(F)c3)nc2c1. The van der Waals surface area contributed by atoms with Crippen LogP contribution in [0.2, 0.25) is 0 Å². The number of nitrogens with zero attached hydrogens (tertiary/aromatic N) is 2. The van der Waals surface area contributed by atoms with Crippen molar-refractivity contribution in [1.82, 2.24) is 9.71 Å². The second-order valence-electron chi connectivity index (χ2n) is 6.78. The molecule has 0 aliphatic carbocycles. The number of benzene rings is 2. The predicted molar refractivity (Wildman–Crippen MR) is 111 cm³/mol. The van der Waals surface area contributed by atoms with Crippen molar-refractivity contribution in [3.63, 3.8) is 0 Å². The third-order valence-corrected chi connectivity index (χ3v) is 5.91. The van der Waals surface area contributed by atoms with E-state index in [0.717, 1.165) is 28.1 Å². The quantitative estimate of drug-likeness (QED) is 0.578. The maximum atomic E-state index is 13.2. The van der Waals surface area contributed by atoms with E-state index in [4.69, 9.17) is 0 Å². The topological polar surface area (TPSA) is 94.9 Å². The lowest BCUT2D eigenvalue weighted by Gasteiger charge is -2.11. The Bertz CT molecular complexity index is 1200. The molecule has 2 N–H and O–H groups in total. The van der Waals surface area contributed by atoms with E-state index in [-0.39, 0.29) is 11.4 Å². The number of nitriles is 1. The van der Waals surface area contributed by atoms with Gasteiger partial charge in [-0.3, -0.25) is 0 Å². The molecule has 8 heteroatoms. The third-order valence-electron chi connectivity index (χ3n) is 4.45. The van der Waals surface area contributed by atoms with Crippen LogP contribution in [0.15, 0.2) is 47.4 Å². The normalized spacial score (nSPS) is 11.4. The molecule has 150 valence electrons. The minimum atomic E-state index is -3.76. The van der Waals surface area contributed by atoms with Crippen LogP contribution in [-0.2, 0) is 10.0 Å². The van der Waals surface area contributed by atoms with E-state index >= 15 is 0 Å². The van der Waals surface area contributed by atoms with Crippen molar-refractivity contribution in [2.45, 2.75) is 25.2 Å². The molecule has 0 unspecified atom stereocenters. The summed E-state index contributed by atoms with van der Waals surface area (Å²) in [6.45, 7) is 4.56. The highest BCUT2D eigenvalue weighted by molar-refractivity contribution is 7.89. The van der Waals surface area contributed by atoms with Crippen molar-refractivity contribution in [3.05, 3.63) is 65.0 Å². The van der Waals surface area contributed by atoms with Crippen LogP contribution in [0.4, 0.5) is 10.2 Å². The molecule has 1 heterocycles. The summed E-state index contributed by atoms with van der Waals surface area (Å²) in [7, 11) is -3.76. The van der Waals surface area contributed by atoms with E-state index in [9.17, 15) is 18.1 Å². The first-order valence-electron chi connectivity index (χ1n) is 9.11. The molecule has 3 rings (SSSR count). The molecule has 0 atom stereocenters. The van der Waals surface area contributed by atoms with Crippen LogP contribution in [0, 0.1) is 31.0 Å². The van der Waals surface area contributed by atoms with Crippen LogP contribution in [0.5, 0.6) is 0 Å². The molecule has 0 saturated heterocycles. The zero-order valence-corrected chi connectivity index (χ0v) is 17.0. The van der Waals surface area contributed by atoms with E-state index in [1.807, 2.05) is 32.0 Å². The number of nitrogens with one attached hydrogen (secondary N) is 2. The highest BCUT2D eigenvalue weighted by atomic mass is 32.2. The average molecular weight is 412 g/mol. The van der Waals surface area contributed by atoms with Crippen molar-refractivity contribution in [1.29, 1.82) is 5.26 Å². The standard InChI is InChI=1S/C21H21FN4O2S/c1-14-9-15(2)19-11-16(13-23)21(26-20(19)10-14)24-7-4-8-25-29(27,28)18-6-3-5-17(22)12-18/h3,5-6,9-12,25H,4,7-8H2,1-2H3,(H,24,26). The largest absolute Gasteiger partial charge is 0.369 e. The number of hydrogen-bond acceptors (Lipinski definition) is 5. The van der Waals surface area contributed by atoms with Gasteiger partial charge >= 0.3 is 0 Å². The van der Waals surface area contributed by atoms with Gasteiger partial charge in [-0.2, -0.15) is 5.26 Å². The molecular formula is C21H21FN4O2S. The summed E-state index contributed by atoms with van der Waals surface area (Å²) in [5.41, 5.74) is 3.38. The fourth-order valence-electron chi connectivity index (χ4n) is 3.07. The number of fused-ring (bicyclic) bond motifs is 1. The van der Waals surface area contributed by atoms with Crippen LogP contribution in [0.3, 0.4) is 0 Å². The van der Waals surface area contributed by atoms with Crippen LogP contribution in [-0.4, -0.2) is 26.5 Å². The number of halogens is 1. The Hall–Kier alpha value is -3.02. The minimum absolute atomic E-state index is 0.112. The van der Waals surface area contributed by atoms with Crippen LogP contribution in [0.1, 0.15) is 23.1 Å². The van der Waals surface area contributed by atoms with Gasteiger partial charge in [0.15, 0.2) is 0 Å². The molecule has 3 aromatic rings. The van der Waals surface area contributed by atoms with Gasteiger partial charge in [0.2, 0.25) is 10.0 Å². The average Bonchev–Trinajstić information content (AvgIpc) is 2.67. The maximum absolute atomic E-state index is 13.2. The molecule has 0 fully saturated rings. The maximum Gasteiger partial charge on any atom is 0.240 e. The zero-order valence-electron chi connectivity index (χ0n) is 16.2. The van der Waals surface area contributed by atoms with Gasteiger partial charge in [0.25, 0.3) is 0 Å². The Morgan fingerprint density at radius 2 is 1.93 bits per heavy atom. The first-order chi connectivity index (χ1) is 13.8.